The number of carbonyl (C=O) groups is 2. The van der Waals surface area contributed by atoms with Crippen LogP contribution in [0.2, 0.25) is 0 Å². The number of rotatable bonds is 9. The molecular weight excluding hydrogens is 316 g/mol. The van der Waals surface area contributed by atoms with E-state index < -0.39 is 0 Å². The van der Waals surface area contributed by atoms with Gasteiger partial charge in [0.15, 0.2) is 0 Å². The van der Waals surface area contributed by atoms with E-state index in [9.17, 15) is 9.59 Å². The van der Waals surface area contributed by atoms with Crippen LogP contribution in [0.4, 0.5) is 0 Å². The number of esters is 2. The van der Waals surface area contributed by atoms with Gasteiger partial charge < -0.3 is 9.47 Å². The smallest absolute Gasteiger partial charge is 0.330 e. The highest BCUT2D eigenvalue weighted by atomic mass is 16.5. The van der Waals surface area contributed by atoms with Gasteiger partial charge in [-0.15, -0.1) is 0 Å². The Morgan fingerprint density at radius 1 is 1.08 bits per heavy atom. The number of hydrogen-bond donors (Lipinski definition) is 0. The molecule has 25 heavy (non-hydrogen) atoms. The molecule has 1 aliphatic rings. The second kappa shape index (κ2) is 13.9. The molecule has 0 aromatic carbocycles. The third kappa shape index (κ3) is 10.3. The van der Waals surface area contributed by atoms with E-state index in [4.69, 9.17) is 9.47 Å². The molecule has 1 fully saturated rings. The van der Waals surface area contributed by atoms with Gasteiger partial charge in [-0.1, -0.05) is 47.1 Å². The highest BCUT2D eigenvalue weighted by Crippen LogP contribution is 2.28. The Kier molecular flexibility index (Phi) is 13.2. The summed E-state index contributed by atoms with van der Waals surface area (Å²) in [5.74, 6) is 0.167. The van der Waals surface area contributed by atoms with Crippen LogP contribution in [0.15, 0.2) is 12.7 Å². The molecule has 2 atom stereocenters. The third-order valence-corrected chi connectivity index (χ3v) is 4.62. The second-order valence-electron chi connectivity index (χ2n) is 6.83. The monoisotopic (exact) mass is 354 g/mol. The van der Waals surface area contributed by atoms with Crippen molar-refractivity contribution in [2.75, 3.05) is 0 Å². The van der Waals surface area contributed by atoms with Crippen LogP contribution in [0.3, 0.4) is 0 Å². The molecule has 0 aromatic heterocycles. The molecule has 0 spiro atoms. The molecule has 0 N–H and O–H groups in total. The molecule has 4 nitrogen and oxygen atoms in total. The SMILES string of the molecule is C=CC(=O)OC1CCC(C(=O)OC(C)CCC(C)CCC)CC1.CC. The summed E-state index contributed by atoms with van der Waals surface area (Å²) in [4.78, 5) is 23.4. The van der Waals surface area contributed by atoms with E-state index in [0.29, 0.717) is 5.92 Å². The molecular formula is C21H38O4. The lowest BCUT2D eigenvalue weighted by atomic mass is 9.87. The summed E-state index contributed by atoms with van der Waals surface area (Å²) in [6, 6.07) is 0. The maximum absolute atomic E-state index is 12.2. The molecule has 1 aliphatic carbocycles. The minimum Gasteiger partial charge on any atom is -0.462 e. The summed E-state index contributed by atoms with van der Waals surface area (Å²) in [5.41, 5.74) is 0. The van der Waals surface area contributed by atoms with Crippen LogP contribution >= 0.6 is 0 Å². The van der Waals surface area contributed by atoms with Gasteiger partial charge in [-0.25, -0.2) is 4.79 Å². The summed E-state index contributed by atoms with van der Waals surface area (Å²) in [5, 5.41) is 0. The standard InChI is InChI=1S/C19H32O4.C2H6/c1-5-7-14(3)8-9-15(4)22-19(21)16-10-12-17(13-11-16)23-18(20)6-2;1-2/h6,14-17H,2,5,7-13H2,1,3-4H3;1-2H3. The van der Waals surface area contributed by atoms with Crippen LogP contribution in [0.1, 0.15) is 86.0 Å². The molecule has 1 rings (SSSR count). The van der Waals surface area contributed by atoms with Gasteiger partial charge in [-0.3, -0.25) is 4.79 Å². The van der Waals surface area contributed by atoms with Gasteiger partial charge >= 0.3 is 11.9 Å². The first-order valence-electron chi connectivity index (χ1n) is 9.99. The van der Waals surface area contributed by atoms with Crippen molar-refractivity contribution in [3.8, 4) is 0 Å². The largest absolute Gasteiger partial charge is 0.462 e. The van der Waals surface area contributed by atoms with Crippen LogP contribution in [0.5, 0.6) is 0 Å². The highest BCUT2D eigenvalue weighted by molar-refractivity contribution is 5.81. The van der Waals surface area contributed by atoms with E-state index >= 15 is 0 Å². The molecule has 2 unspecified atom stereocenters. The summed E-state index contributed by atoms with van der Waals surface area (Å²) in [7, 11) is 0. The Labute approximate surface area is 154 Å². The normalized spacial score (nSPS) is 22.0. The second-order valence-corrected chi connectivity index (χ2v) is 6.83. The van der Waals surface area contributed by atoms with Gasteiger partial charge in [0, 0.05) is 6.08 Å². The Balaban J connectivity index is 0.00000277. The summed E-state index contributed by atoms with van der Waals surface area (Å²) in [6.45, 7) is 13.8. The lowest BCUT2D eigenvalue weighted by Gasteiger charge is -2.27. The summed E-state index contributed by atoms with van der Waals surface area (Å²) < 4.78 is 10.8. The predicted molar refractivity (Wildman–Crippen MR) is 102 cm³/mol. The Morgan fingerprint density at radius 2 is 1.68 bits per heavy atom. The van der Waals surface area contributed by atoms with Crippen molar-refractivity contribution < 1.29 is 19.1 Å². The van der Waals surface area contributed by atoms with E-state index in [1.807, 2.05) is 20.8 Å². The third-order valence-electron chi connectivity index (χ3n) is 4.62. The zero-order chi connectivity index (χ0) is 19.2. The zero-order valence-corrected chi connectivity index (χ0v) is 16.9. The van der Waals surface area contributed by atoms with Crippen LogP contribution in [0, 0.1) is 11.8 Å². The van der Waals surface area contributed by atoms with E-state index in [0.717, 1.165) is 38.5 Å². The maximum atomic E-state index is 12.2. The minimum absolute atomic E-state index is 0.0156. The maximum Gasteiger partial charge on any atom is 0.330 e. The molecule has 146 valence electrons. The van der Waals surface area contributed by atoms with Crippen molar-refractivity contribution >= 4 is 11.9 Å². The van der Waals surface area contributed by atoms with Crippen molar-refractivity contribution in [3.05, 3.63) is 12.7 Å². The van der Waals surface area contributed by atoms with E-state index in [1.54, 1.807) is 0 Å². The molecule has 1 saturated carbocycles. The first kappa shape index (κ1) is 23.7. The lowest BCUT2D eigenvalue weighted by Crippen LogP contribution is -2.30. The van der Waals surface area contributed by atoms with E-state index in [2.05, 4.69) is 20.4 Å². The van der Waals surface area contributed by atoms with E-state index in [1.165, 1.54) is 18.9 Å². The van der Waals surface area contributed by atoms with E-state index in [-0.39, 0.29) is 30.1 Å². The molecule has 0 amide bonds. The van der Waals surface area contributed by atoms with Gasteiger partial charge in [-0.2, -0.15) is 0 Å². The van der Waals surface area contributed by atoms with Gasteiger partial charge in [0.05, 0.1) is 12.0 Å². The Morgan fingerprint density at radius 3 is 2.20 bits per heavy atom. The fourth-order valence-corrected chi connectivity index (χ4v) is 3.14. The number of carbonyl (C=O) groups excluding carboxylic acids is 2. The first-order chi connectivity index (χ1) is 12.0. The number of hydrogen-bond acceptors (Lipinski definition) is 4. The van der Waals surface area contributed by atoms with Crippen molar-refractivity contribution in [2.24, 2.45) is 11.8 Å². The summed E-state index contributed by atoms with van der Waals surface area (Å²) >= 11 is 0. The van der Waals surface area contributed by atoms with Crippen LogP contribution < -0.4 is 0 Å². The van der Waals surface area contributed by atoms with Crippen molar-refractivity contribution in [2.45, 2.75) is 98.2 Å². The zero-order valence-electron chi connectivity index (χ0n) is 16.9. The Hall–Kier alpha value is -1.32. The Bertz CT molecular complexity index is 383. The topological polar surface area (TPSA) is 52.6 Å². The molecule has 0 bridgehead atoms. The average molecular weight is 355 g/mol. The quantitative estimate of drug-likeness (QED) is 0.408. The van der Waals surface area contributed by atoms with Crippen LogP contribution in [-0.4, -0.2) is 24.1 Å². The van der Waals surface area contributed by atoms with Crippen molar-refractivity contribution in [1.29, 1.82) is 0 Å². The fourth-order valence-electron chi connectivity index (χ4n) is 3.14. The summed E-state index contributed by atoms with van der Waals surface area (Å²) in [6.07, 6.45) is 8.45. The van der Waals surface area contributed by atoms with Crippen molar-refractivity contribution in [1.82, 2.24) is 0 Å². The lowest BCUT2D eigenvalue weighted by molar-refractivity contribution is -0.156. The predicted octanol–water partition coefficient (Wildman–Crippen LogP) is 5.45. The molecule has 0 aromatic rings. The van der Waals surface area contributed by atoms with Gasteiger partial charge in [-0.05, 0) is 51.4 Å². The average Bonchev–Trinajstić information content (AvgIpc) is 2.62. The molecule has 0 aliphatic heterocycles. The molecule has 0 radical (unpaired) electrons. The minimum atomic E-state index is -0.383. The molecule has 0 heterocycles. The van der Waals surface area contributed by atoms with Gasteiger partial charge in [0.1, 0.15) is 6.10 Å². The highest BCUT2D eigenvalue weighted by Gasteiger charge is 2.29. The van der Waals surface area contributed by atoms with Crippen molar-refractivity contribution in [3.63, 3.8) is 0 Å². The molecule has 0 saturated heterocycles. The van der Waals surface area contributed by atoms with Crippen LogP contribution in [-0.2, 0) is 19.1 Å². The molecule has 4 heteroatoms. The van der Waals surface area contributed by atoms with Crippen LogP contribution in [0.25, 0.3) is 0 Å². The first-order valence-corrected chi connectivity index (χ1v) is 9.99. The fraction of sp³-hybridized carbons (Fsp3) is 0.810. The van der Waals surface area contributed by atoms with Gasteiger partial charge in [0.2, 0.25) is 0 Å². The number of ether oxygens (including phenoxy) is 2. The van der Waals surface area contributed by atoms with Gasteiger partial charge in [0.25, 0.3) is 0 Å².